The van der Waals surface area contributed by atoms with Gasteiger partial charge < -0.3 is 0 Å². The van der Waals surface area contributed by atoms with Crippen LogP contribution in [0.3, 0.4) is 0 Å². The summed E-state index contributed by atoms with van der Waals surface area (Å²) in [5.74, 6) is 0. The highest BCUT2D eigenvalue weighted by Crippen LogP contribution is 2.51. The van der Waals surface area contributed by atoms with Crippen molar-refractivity contribution >= 4 is 33.4 Å². The van der Waals surface area contributed by atoms with Gasteiger partial charge in [0.05, 0.1) is 22.5 Å². The third-order valence-electron chi connectivity index (χ3n) is 8.67. The zero-order valence-electron chi connectivity index (χ0n) is 26.0. The molecule has 50 heavy (non-hydrogen) atoms. The Morgan fingerprint density at radius 3 is 1.12 bits per heavy atom. The minimum absolute atomic E-state index is 0.136. The van der Waals surface area contributed by atoms with E-state index in [0.717, 1.165) is 11.1 Å². The monoisotopic (exact) mass is 634 g/mol. The van der Waals surface area contributed by atoms with Crippen molar-refractivity contribution in [1.29, 1.82) is 31.6 Å². The van der Waals surface area contributed by atoms with Gasteiger partial charge in [-0.25, -0.2) is 0 Å². The van der Waals surface area contributed by atoms with Crippen molar-refractivity contribution in [1.82, 2.24) is 9.97 Å². The molecule has 2 aliphatic carbocycles. The average molecular weight is 635 g/mol. The van der Waals surface area contributed by atoms with Crippen molar-refractivity contribution in [2.45, 2.75) is 0 Å². The largest absolute Gasteiger partial charge is 0.256 e. The predicted octanol–water partition coefficient (Wildman–Crippen LogP) is 8.31. The molecule has 2 aliphatic rings. The predicted molar refractivity (Wildman–Crippen MR) is 187 cm³/mol. The Kier molecular flexibility index (Phi) is 7.67. The molecule has 0 amide bonds. The van der Waals surface area contributed by atoms with E-state index in [9.17, 15) is 31.6 Å². The third kappa shape index (κ3) is 4.81. The van der Waals surface area contributed by atoms with Crippen LogP contribution < -0.4 is 0 Å². The molecule has 226 valence electrons. The van der Waals surface area contributed by atoms with Gasteiger partial charge in [0.1, 0.15) is 47.6 Å². The maximum Gasteiger partial charge on any atom is 0.138 e. The molecule has 0 spiro atoms. The quantitative estimate of drug-likeness (QED) is 0.178. The molecule has 2 heterocycles. The Morgan fingerprint density at radius 1 is 0.420 bits per heavy atom. The summed E-state index contributed by atoms with van der Waals surface area (Å²) in [5, 5.41) is 60.8. The fraction of sp³-hybridized carbons (Fsp3) is 0. The summed E-state index contributed by atoms with van der Waals surface area (Å²) < 4.78 is 0. The third-order valence-corrected chi connectivity index (χ3v) is 8.67. The van der Waals surface area contributed by atoms with Crippen LogP contribution in [0.2, 0.25) is 0 Å². The Hall–Kier alpha value is -8.14. The van der Waals surface area contributed by atoms with Crippen LogP contribution in [0.25, 0.3) is 56.0 Å². The lowest BCUT2D eigenvalue weighted by atomic mass is 9.89. The van der Waals surface area contributed by atoms with E-state index in [2.05, 4.69) is 22.1 Å². The normalized spacial score (nSPS) is 12.4. The van der Waals surface area contributed by atoms with E-state index in [4.69, 9.17) is 0 Å². The molecule has 3 aromatic carbocycles. The first-order valence-electron chi connectivity index (χ1n) is 15.2. The summed E-state index contributed by atoms with van der Waals surface area (Å²) in [4.78, 5) is 8.85. The number of hydrogen-bond acceptors (Lipinski definition) is 8. The summed E-state index contributed by atoms with van der Waals surface area (Å²) >= 11 is 0. The van der Waals surface area contributed by atoms with Gasteiger partial charge in [0, 0.05) is 56.9 Å². The topological polar surface area (TPSA) is 169 Å². The summed E-state index contributed by atoms with van der Waals surface area (Å²) in [6.07, 6.45) is 3.36. The smallest absolute Gasteiger partial charge is 0.138 e. The highest BCUT2D eigenvalue weighted by Gasteiger charge is 2.33. The van der Waals surface area contributed by atoms with Crippen molar-refractivity contribution < 1.29 is 0 Å². The van der Waals surface area contributed by atoms with E-state index in [0.29, 0.717) is 78.2 Å². The van der Waals surface area contributed by atoms with Crippen LogP contribution in [0.5, 0.6) is 0 Å². The number of pyridine rings is 2. The molecular formula is C42H18N8. The number of nitriles is 6. The van der Waals surface area contributed by atoms with E-state index in [1.54, 1.807) is 48.8 Å². The van der Waals surface area contributed by atoms with E-state index < -0.39 is 0 Å². The zero-order valence-corrected chi connectivity index (χ0v) is 26.0. The molecule has 5 aromatic rings. The summed E-state index contributed by atoms with van der Waals surface area (Å²) in [6.45, 7) is 0. The highest BCUT2D eigenvalue weighted by atomic mass is 14.7. The molecule has 0 saturated carbocycles. The Bertz CT molecular complexity index is 2450. The highest BCUT2D eigenvalue weighted by molar-refractivity contribution is 6.27. The van der Waals surface area contributed by atoms with Gasteiger partial charge in [-0.05, 0) is 58.7 Å². The molecule has 0 N–H and O–H groups in total. The van der Waals surface area contributed by atoms with Crippen LogP contribution in [0, 0.1) is 68.0 Å². The number of allylic oxidation sites excluding steroid dienone is 8. The van der Waals surface area contributed by atoms with E-state index in [1.807, 2.05) is 84.9 Å². The fourth-order valence-corrected chi connectivity index (χ4v) is 6.52. The second-order valence-electron chi connectivity index (χ2n) is 11.2. The summed E-state index contributed by atoms with van der Waals surface area (Å²) in [5.41, 5.74) is 8.32. The van der Waals surface area contributed by atoms with Crippen LogP contribution in [-0.4, -0.2) is 9.97 Å². The molecule has 0 bridgehead atoms. The maximum absolute atomic E-state index is 10.5. The molecule has 2 aromatic heterocycles. The lowest BCUT2D eigenvalue weighted by molar-refractivity contribution is 1.32. The lowest BCUT2D eigenvalue weighted by Crippen LogP contribution is -1.94. The van der Waals surface area contributed by atoms with Gasteiger partial charge in [-0.1, -0.05) is 60.7 Å². The van der Waals surface area contributed by atoms with E-state index in [-0.39, 0.29) is 11.1 Å². The molecule has 0 atom stereocenters. The van der Waals surface area contributed by atoms with Crippen molar-refractivity contribution in [3.63, 3.8) is 0 Å². The second kappa shape index (κ2) is 12.6. The first-order valence-corrected chi connectivity index (χ1v) is 15.2. The summed E-state index contributed by atoms with van der Waals surface area (Å²) in [7, 11) is 0. The van der Waals surface area contributed by atoms with Gasteiger partial charge in [0.2, 0.25) is 0 Å². The fourth-order valence-electron chi connectivity index (χ4n) is 6.52. The average Bonchev–Trinajstić information content (AvgIpc) is 3.68. The minimum Gasteiger partial charge on any atom is -0.256 e. The number of nitrogens with zero attached hydrogens (tertiary/aromatic N) is 8. The number of rotatable bonds is 4. The molecule has 0 fully saturated rings. The summed E-state index contributed by atoms with van der Waals surface area (Å²) in [6, 6.07) is 41.6. The number of hydrogen-bond donors (Lipinski definition) is 0. The van der Waals surface area contributed by atoms with Crippen LogP contribution >= 0.6 is 0 Å². The zero-order chi connectivity index (χ0) is 34.8. The molecule has 7 rings (SSSR count). The van der Waals surface area contributed by atoms with Gasteiger partial charge in [0.25, 0.3) is 0 Å². The van der Waals surface area contributed by atoms with Crippen LogP contribution in [0.15, 0.2) is 121 Å². The Balaban J connectivity index is 1.41. The van der Waals surface area contributed by atoms with Gasteiger partial charge in [-0.15, -0.1) is 0 Å². The van der Waals surface area contributed by atoms with Crippen molar-refractivity contribution in [3.05, 3.63) is 154 Å². The molecule has 0 unspecified atom stereocenters. The van der Waals surface area contributed by atoms with Gasteiger partial charge >= 0.3 is 0 Å². The van der Waals surface area contributed by atoms with Crippen molar-refractivity contribution in [2.75, 3.05) is 0 Å². The van der Waals surface area contributed by atoms with Gasteiger partial charge in [-0.2, -0.15) is 31.6 Å². The maximum atomic E-state index is 10.5. The molecule has 8 nitrogen and oxygen atoms in total. The van der Waals surface area contributed by atoms with Crippen molar-refractivity contribution in [3.8, 4) is 58.9 Å². The lowest BCUT2D eigenvalue weighted by Gasteiger charge is -2.12. The number of fused-ring (bicyclic) bond motifs is 2. The van der Waals surface area contributed by atoms with Gasteiger partial charge in [-0.3, -0.25) is 9.97 Å². The number of benzene rings is 3. The van der Waals surface area contributed by atoms with Crippen LogP contribution in [-0.2, 0) is 0 Å². The van der Waals surface area contributed by atoms with Crippen LogP contribution in [0.4, 0.5) is 0 Å². The van der Waals surface area contributed by atoms with Crippen LogP contribution in [0.1, 0.15) is 33.4 Å². The second-order valence-corrected chi connectivity index (χ2v) is 11.2. The van der Waals surface area contributed by atoms with Crippen molar-refractivity contribution in [2.24, 2.45) is 0 Å². The molecule has 8 heteroatoms. The first kappa shape index (κ1) is 30.5. The molecule has 0 saturated heterocycles. The van der Waals surface area contributed by atoms with E-state index in [1.165, 1.54) is 0 Å². The van der Waals surface area contributed by atoms with Gasteiger partial charge in [0.15, 0.2) is 0 Å². The molecule has 0 radical (unpaired) electrons. The molecule has 0 aliphatic heterocycles. The standard InChI is InChI=1S/C42H18N8/c43-19-29(20-44)41-31-13-11-27(37-5-1-3-15-49-37)17-33(31)35(23-47)39(41)25-7-9-26(10-8-25)40-36(24-48)34-18-28(38-6-2-4-16-50-38)12-14-32(34)42(40)30(21-45)22-46/h1-18H. The van der Waals surface area contributed by atoms with E-state index >= 15 is 0 Å². The minimum atomic E-state index is -0.136. The number of aromatic nitrogens is 2. The molecular weight excluding hydrogens is 617 g/mol. The SMILES string of the molecule is N#CC(C#N)=C1C(c2ccc(C3=C(C#N)c4cc(-c5ccccn5)ccc4C3=C(C#N)C#N)cc2)=C(C#N)c2cc(-c3ccccn3)ccc21. The Morgan fingerprint density at radius 2 is 0.800 bits per heavy atom. The first-order chi connectivity index (χ1) is 24.6. The Labute approximate surface area is 287 Å².